The van der Waals surface area contributed by atoms with Gasteiger partial charge in [-0.25, -0.2) is 4.79 Å². The monoisotopic (exact) mass is 200 g/mol. The summed E-state index contributed by atoms with van der Waals surface area (Å²) in [5.74, 6) is -1.27. The van der Waals surface area contributed by atoms with Crippen molar-refractivity contribution in [1.82, 2.24) is 0 Å². The summed E-state index contributed by atoms with van der Waals surface area (Å²) in [6.45, 7) is 1.67. The molecule has 2 N–H and O–H groups in total. The molecular formula is C9H9ClO3. The number of benzene rings is 1. The standard InChI is InChI=1S/C9H9ClO3/c1-5-6(8(11)9(12)13)3-2-4-7(5)10/h2-4,8,11H,1H3,(H,12,13). The van der Waals surface area contributed by atoms with Crippen molar-refractivity contribution in [3.05, 3.63) is 34.3 Å². The van der Waals surface area contributed by atoms with Gasteiger partial charge < -0.3 is 10.2 Å². The van der Waals surface area contributed by atoms with Gasteiger partial charge in [0.1, 0.15) is 0 Å². The molecule has 0 radical (unpaired) electrons. The first kappa shape index (κ1) is 10.0. The molecule has 1 rings (SSSR count). The average Bonchev–Trinajstić information content (AvgIpc) is 2.08. The topological polar surface area (TPSA) is 57.5 Å². The SMILES string of the molecule is Cc1c(Cl)cccc1C(O)C(=O)O. The third-order valence-electron chi connectivity index (χ3n) is 1.84. The van der Waals surface area contributed by atoms with Gasteiger partial charge in [-0.05, 0) is 24.1 Å². The molecule has 1 aromatic carbocycles. The first-order valence-corrected chi connectivity index (χ1v) is 4.07. The molecule has 0 heterocycles. The van der Waals surface area contributed by atoms with E-state index in [0.717, 1.165) is 0 Å². The van der Waals surface area contributed by atoms with Gasteiger partial charge in [0, 0.05) is 5.02 Å². The van der Waals surface area contributed by atoms with Crippen LogP contribution in [0.2, 0.25) is 5.02 Å². The largest absolute Gasteiger partial charge is 0.479 e. The summed E-state index contributed by atoms with van der Waals surface area (Å²) in [5, 5.41) is 18.3. The number of aliphatic carboxylic acids is 1. The van der Waals surface area contributed by atoms with Crippen molar-refractivity contribution in [2.24, 2.45) is 0 Å². The minimum atomic E-state index is -1.50. The predicted octanol–water partition coefficient (Wildman–Crippen LogP) is 1.77. The highest BCUT2D eigenvalue weighted by Gasteiger charge is 2.18. The lowest BCUT2D eigenvalue weighted by molar-refractivity contribution is -0.147. The molecule has 0 aromatic heterocycles. The highest BCUT2D eigenvalue weighted by molar-refractivity contribution is 6.31. The number of rotatable bonds is 2. The molecule has 0 saturated heterocycles. The number of carbonyl (C=O) groups is 1. The summed E-state index contributed by atoms with van der Waals surface area (Å²) < 4.78 is 0. The molecule has 4 heteroatoms. The second-order valence-corrected chi connectivity index (χ2v) is 3.10. The van der Waals surface area contributed by atoms with Crippen molar-refractivity contribution >= 4 is 17.6 Å². The van der Waals surface area contributed by atoms with Crippen molar-refractivity contribution in [3.8, 4) is 0 Å². The van der Waals surface area contributed by atoms with E-state index in [9.17, 15) is 9.90 Å². The number of carboxylic acids is 1. The molecule has 1 unspecified atom stereocenters. The maximum Gasteiger partial charge on any atom is 0.337 e. The normalized spacial score (nSPS) is 12.5. The second kappa shape index (κ2) is 3.77. The molecule has 1 aromatic rings. The molecule has 0 aliphatic carbocycles. The molecule has 0 saturated carbocycles. The number of hydrogen-bond acceptors (Lipinski definition) is 2. The Hall–Kier alpha value is -1.06. The Kier molecular flexibility index (Phi) is 2.90. The van der Waals surface area contributed by atoms with E-state index in [-0.39, 0.29) is 0 Å². The van der Waals surface area contributed by atoms with Gasteiger partial charge >= 0.3 is 5.97 Å². The van der Waals surface area contributed by atoms with Crippen LogP contribution >= 0.6 is 11.6 Å². The molecule has 70 valence electrons. The van der Waals surface area contributed by atoms with Crippen molar-refractivity contribution < 1.29 is 15.0 Å². The van der Waals surface area contributed by atoms with Gasteiger partial charge in [-0.1, -0.05) is 23.7 Å². The van der Waals surface area contributed by atoms with Gasteiger partial charge in [0.15, 0.2) is 6.10 Å². The minimum absolute atomic E-state index is 0.333. The minimum Gasteiger partial charge on any atom is -0.479 e. The second-order valence-electron chi connectivity index (χ2n) is 2.69. The fourth-order valence-electron chi connectivity index (χ4n) is 1.05. The number of carboxylic acid groups (broad SMARTS) is 1. The zero-order valence-corrected chi connectivity index (χ0v) is 7.75. The van der Waals surface area contributed by atoms with E-state index in [1.165, 1.54) is 0 Å². The molecule has 3 nitrogen and oxygen atoms in total. The van der Waals surface area contributed by atoms with Crippen LogP contribution in [0.5, 0.6) is 0 Å². The van der Waals surface area contributed by atoms with E-state index in [1.54, 1.807) is 25.1 Å². The van der Waals surface area contributed by atoms with Crippen molar-refractivity contribution in [3.63, 3.8) is 0 Å². The Morgan fingerprint density at radius 2 is 2.15 bits per heavy atom. The van der Waals surface area contributed by atoms with Crippen LogP contribution in [0.4, 0.5) is 0 Å². The fraction of sp³-hybridized carbons (Fsp3) is 0.222. The smallest absolute Gasteiger partial charge is 0.337 e. The zero-order chi connectivity index (χ0) is 10.0. The Bertz CT molecular complexity index is 336. The van der Waals surface area contributed by atoms with Crippen molar-refractivity contribution in [2.75, 3.05) is 0 Å². The Morgan fingerprint density at radius 1 is 1.54 bits per heavy atom. The van der Waals surface area contributed by atoms with Gasteiger partial charge in [-0.15, -0.1) is 0 Å². The summed E-state index contributed by atoms with van der Waals surface area (Å²) in [5.41, 5.74) is 0.930. The van der Waals surface area contributed by atoms with Gasteiger partial charge in [-0.2, -0.15) is 0 Å². The van der Waals surface area contributed by atoms with Crippen LogP contribution in [0.15, 0.2) is 18.2 Å². The summed E-state index contributed by atoms with van der Waals surface area (Å²) >= 11 is 5.76. The quantitative estimate of drug-likeness (QED) is 0.765. The van der Waals surface area contributed by atoms with Crippen LogP contribution in [0.3, 0.4) is 0 Å². The fourth-order valence-corrected chi connectivity index (χ4v) is 1.24. The zero-order valence-electron chi connectivity index (χ0n) is 6.99. The van der Waals surface area contributed by atoms with Gasteiger partial charge in [0.05, 0.1) is 0 Å². The first-order chi connectivity index (χ1) is 6.04. The lowest BCUT2D eigenvalue weighted by Gasteiger charge is -2.09. The van der Waals surface area contributed by atoms with E-state index in [2.05, 4.69) is 0 Å². The Balaban J connectivity index is 3.15. The van der Waals surface area contributed by atoms with E-state index >= 15 is 0 Å². The average molecular weight is 201 g/mol. The van der Waals surface area contributed by atoms with Crippen LogP contribution in [-0.4, -0.2) is 16.2 Å². The van der Waals surface area contributed by atoms with Crippen LogP contribution < -0.4 is 0 Å². The van der Waals surface area contributed by atoms with Crippen molar-refractivity contribution in [2.45, 2.75) is 13.0 Å². The maximum atomic E-state index is 10.5. The predicted molar refractivity (Wildman–Crippen MR) is 48.8 cm³/mol. The summed E-state index contributed by atoms with van der Waals surface area (Å²) in [4.78, 5) is 10.5. The van der Waals surface area contributed by atoms with Crippen molar-refractivity contribution in [1.29, 1.82) is 0 Å². The van der Waals surface area contributed by atoms with E-state index in [1.807, 2.05) is 0 Å². The molecule has 0 bridgehead atoms. The highest BCUT2D eigenvalue weighted by atomic mass is 35.5. The molecule has 13 heavy (non-hydrogen) atoms. The van der Waals surface area contributed by atoms with Gasteiger partial charge in [0.25, 0.3) is 0 Å². The van der Waals surface area contributed by atoms with E-state index < -0.39 is 12.1 Å². The summed E-state index contributed by atoms with van der Waals surface area (Å²) in [6, 6.07) is 4.80. The van der Waals surface area contributed by atoms with Crippen LogP contribution in [0.1, 0.15) is 17.2 Å². The number of halogens is 1. The molecule has 0 aliphatic heterocycles. The first-order valence-electron chi connectivity index (χ1n) is 3.70. The Labute approximate surface area is 80.6 Å². The van der Waals surface area contributed by atoms with E-state index in [0.29, 0.717) is 16.1 Å². The molecular weight excluding hydrogens is 192 g/mol. The summed E-state index contributed by atoms with van der Waals surface area (Å²) in [6.07, 6.45) is -1.50. The molecule has 0 spiro atoms. The maximum absolute atomic E-state index is 10.5. The molecule has 0 aliphatic rings. The molecule has 0 amide bonds. The van der Waals surface area contributed by atoms with Crippen LogP contribution in [0.25, 0.3) is 0 Å². The number of aliphatic hydroxyl groups is 1. The number of aliphatic hydroxyl groups excluding tert-OH is 1. The van der Waals surface area contributed by atoms with Crippen LogP contribution in [-0.2, 0) is 4.79 Å². The van der Waals surface area contributed by atoms with Gasteiger partial charge in [-0.3, -0.25) is 0 Å². The van der Waals surface area contributed by atoms with E-state index in [4.69, 9.17) is 16.7 Å². The summed E-state index contributed by atoms with van der Waals surface area (Å²) in [7, 11) is 0. The Morgan fingerprint density at radius 3 is 2.69 bits per heavy atom. The lowest BCUT2D eigenvalue weighted by Crippen LogP contribution is -2.11. The molecule has 0 fully saturated rings. The lowest BCUT2D eigenvalue weighted by atomic mass is 10.0. The third kappa shape index (κ3) is 1.99. The highest BCUT2D eigenvalue weighted by Crippen LogP contribution is 2.23. The van der Waals surface area contributed by atoms with Gasteiger partial charge in [0.2, 0.25) is 0 Å². The van der Waals surface area contributed by atoms with Crippen LogP contribution in [0, 0.1) is 6.92 Å². The number of hydrogen-bond donors (Lipinski definition) is 2. The third-order valence-corrected chi connectivity index (χ3v) is 2.25. The molecule has 1 atom stereocenters.